The third-order valence-corrected chi connectivity index (χ3v) is 3.19. The van der Waals surface area contributed by atoms with Crippen molar-refractivity contribution >= 4 is 28.9 Å². The third-order valence-electron chi connectivity index (χ3n) is 2.89. The van der Waals surface area contributed by atoms with Gasteiger partial charge in [-0.2, -0.15) is 0 Å². The van der Waals surface area contributed by atoms with E-state index in [1.54, 1.807) is 28.0 Å². The molecule has 0 spiro atoms. The topological polar surface area (TPSA) is 49.6 Å². The molecule has 0 bridgehead atoms. The lowest BCUT2D eigenvalue weighted by Crippen LogP contribution is -2.39. The zero-order valence-corrected chi connectivity index (χ0v) is 11.9. The van der Waals surface area contributed by atoms with E-state index in [1.807, 2.05) is 20.9 Å². The molecule has 18 heavy (non-hydrogen) atoms. The van der Waals surface area contributed by atoms with Crippen molar-refractivity contribution < 1.29 is 4.79 Å². The number of benzene rings is 1. The first-order valence-corrected chi connectivity index (χ1v) is 6.41. The SMILES string of the molecule is CCN(CC)C(=O)CN(C)c1c(N)cccc1Cl. The molecular formula is C13H20ClN3O. The summed E-state index contributed by atoms with van der Waals surface area (Å²) >= 11 is 6.11. The molecule has 0 unspecified atom stereocenters. The maximum atomic E-state index is 12.0. The first-order chi connectivity index (χ1) is 8.51. The number of hydrogen-bond acceptors (Lipinski definition) is 3. The smallest absolute Gasteiger partial charge is 0.242 e. The Morgan fingerprint density at radius 1 is 1.33 bits per heavy atom. The molecule has 0 saturated heterocycles. The second-order valence-corrected chi connectivity index (χ2v) is 4.51. The van der Waals surface area contributed by atoms with Gasteiger partial charge in [0, 0.05) is 20.1 Å². The lowest BCUT2D eigenvalue weighted by Gasteiger charge is -2.25. The summed E-state index contributed by atoms with van der Waals surface area (Å²) in [6, 6.07) is 5.34. The van der Waals surface area contributed by atoms with Crippen LogP contribution in [0.5, 0.6) is 0 Å². The number of likely N-dealkylation sites (N-methyl/N-ethyl adjacent to an activating group) is 2. The van der Waals surface area contributed by atoms with E-state index in [-0.39, 0.29) is 12.5 Å². The van der Waals surface area contributed by atoms with Crippen LogP contribution in [0.15, 0.2) is 18.2 Å². The van der Waals surface area contributed by atoms with E-state index in [0.717, 1.165) is 0 Å². The molecule has 0 radical (unpaired) electrons. The number of nitrogens with zero attached hydrogens (tertiary/aromatic N) is 2. The highest BCUT2D eigenvalue weighted by Crippen LogP contribution is 2.30. The molecule has 5 heteroatoms. The van der Waals surface area contributed by atoms with E-state index >= 15 is 0 Å². The molecule has 0 atom stereocenters. The highest BCUT2D eigenvalue weighted by atomic mass is 35.5. The fraction of sp³-hybridized carbons (Fsp3) is 0.462. The molecule has 0 fully saturated rings. The minimum absolute atomic E-state index is 0.0711. The molecule has 4 nitrogen and oxygen atoms in total. The van der Waals surface area contributed by atoms with Gasteiger partial charge in [0.05, 0.1) is 22.9 Å². The van der Waals surface area contributed by atoms with Gasteiger partial charge in [-0.25, -0.2) is 0 Å². The Balaban J connectivity index is 2.82. The zero-order chi connectivity index (χ0) is 13.7. The predicted molar refractivity (Wildman–Crippen MR) is 77.1 cm³/mol. The van der Waals surface area contributed by atoms with Crippen LogP contribution in [0.3, 0.4) is 0 Å². The van der Waals surface area contributed by atoms with Crippen molar-refractivity contribution in [3.63, 3.8) is 0 Å². The van der Waals surface area contributed by atoms with Crippen molar-refractivity contribution in [2.45, 2.75) is 13.8 Å². The Hall–Kier alpha value is -1.42. The first-order valence-electron chi connectivity index (χ1n) is 6.04. The third kappa shape index (κ3) is 3.29. The maximum absolute atomic E-state index is 12.0. The molecule has 1 amide bonds. The second-order valence-electron chi connectivity index (χ2n) is 4.10. The van der Waals surface area contributed by atoms with Gasteiger partial charge in [0.15, 0.2) is 0 Å². The number of amides is 1. The lowest BCUT2D eigenvalue weighted by molar-refractivity contribution is -0.129. The van der Waals surface area contributed by atoms with E-state index in [0.29, 0.717) is 29.5 Å². The zero-order valence-electron chi connectivity index (χ0n) is 11.1. The van der Waals surface area contributed by atoms with Gasteiger partial charge in [-0.15, -0.1) is 0 Å². The molecule has 0 aliphatic rings. The highest BCUT2D eigenvalue weighted by molar-refractivity contribution is 6.34. The Bertz CT molecular complexity index is 398. The standard InChI is InChI=1S/C13H20ClN3O/c1-4-17(5-2)12(18)9-16(3)13-10(14)7-6-8-11(13)15/h6-8H,4-5,9,15H2,1-3H3. The molecule has 0 aliphatic heterocycles. The molecule has 0 aliphatic carbocycles. The van der Waals surface area contributed by atoms with Crippen LogP contribution in [-0.2, 0) is 4.79 Å². The van der Waals surface area contributed by atoms with E-state index in [9.17, 15) is 4.79 Å². The van der Waals surface area contributed by atoms with Crippen LogP contribution in [-0.4, -0.2) is 37.5 Å². The number of rotatable bonds is 5. The van der Waals surface area contributed by atoms with Gasteiger partial charge in [-0.3, -0.25) is 4.79 Å². The Morgan fingerprint density at radius 2 is 1.94 bits per heavy atom. The Morgan fingerprint density at radius 3 is 2.44 bits per heavy atom. The summed E-state index contributed by atoms with van der Waals surface area (Å²) in [5.41, 5.74) is 7.18. The first kappa shape index (κ1) is 14.6. The fourth-order valence-electron chi connectivity index (χ4n) is 1.89. The number of halogens is 1. The summed E-state index contributed by atoms with van der Waals surface area (Å²) in [4.78, 5) is 15.6. The number of carbonyl (C=O) groups excluding carboxylic acids is 1. The maximum Gasteiger partial charge on any atom is 0.242 e. The average Bonchev–Trinajstić information content (AvgIpc) is 2.30. The van der Waals surface area contributed by atoms with Crippen molar-refractivity contribution in [2.24, 2.45) is 0 Å². The minimum atomic E-state index is 0.0711. The molecule has 100 valence electrons. The number of nitrogen functional groups attached to an aromatic ring is 1. The van der Waals surface area contributed by atoms with Gasteiger partial charge in [0.25, 0.3) is 0 Å². The summed E-state index contributed by atoms with van der Waals surface area (Å²) in [6.07, 6.45) is 0. The highest BCUT2D eigenvalue weighted by Gasteiger charge is 2.16. The normalized spacial score (nSPS) is 10.2. The van der Waals surface area contributed by atoms with Gasteiger partial charge in [0.2, 0.25) is 5.91 Å². The van der Waals surface area contributed by atoms with E-state index in [1.165, 1.54) is 0 Å². The summed E-state index contributed by atoms with van der Waals surface area (Å²) in [7, 11) is 1.82. The van der Waals surface area contributed by atoms with Crippen molar-refractivity contribution in [1.82, 2.24) is 4.90 Å². The van der Waals surface area contributed by atoms with Crippen molar-refractivity contribution in [3.8, 4) is 0 Å². The van der Waals surface area contributed by atoms with Crippen LogP contribution in [0.2, 0.25) is 5.02 Å². The molecule has 0 heterocycles. The van der Waals surface area contributed by atoms with Crippen LogP contribution in [0.1, 0.15) is 13.8 Å². The van der Waals surface area contributed by atoms with Gasteiger partial charge in [0.1, 0.15) is 0 Å². The summed E-state index contributed by atoms with van der Waals surface area (Å²) in [5, 5.41) is 0.560. The van der Waals surface area contributed by atoms with Crippen LogP contribution >= 0.6 is 11.6 Å². The van der Waals surface area contributed by atoms with Gasteiger partial charge < -0.3 is 15.5 Å². The molecular weight excluding hydrogens is 250 g/mol. The van der Waals surface area contributed by atoms with Crippen molar-refractivity contribution in [1.29, 1.82) is 0 Å². The lowest BCUT2D eigenvalue weighted by atomic mass is 10.2. The molecule has 1 rings (SSSR count). The largest absolute Gasteiger partial charge is 0.397 e. The Kier molecular flexibility index (Phi) is 5.28. The molecule has 0 aromatic heterocycles. The monoisotopic (exact) mass is 269 g/mol. The summed E-state index contributed by atoms with van der Waals surface area (Å²) in [6.45, 7) is 5.62. The van der Waals surface area contributed by atoms with E-state index in [4.69, 9.17) is 17.3 Å². The van der Waals surface area contributed by atoms with E-state index < -0.39 is 0 Å². The number of carbonyl (C=O) groups is 1. The molecule has 1 aromatic carbocycles. The molecule has 1 aromatic rings. The summed E-state index contributed by atoms with van der Waals surface area (Å²) < 4.78 is 0. The Labute approximate surface area is 113 Å². The molecule has 2 N–H and O–H groups in total. The van der Waals surface area contributed by atoms with Gasteiger partial charge in [-0.05, 0) is 26.0 Å². The van der Waals surface area contributed by atoms with Crippen LogP contribution in [0, 0.1) is 0 Å². The van der Waals surface area contributed by atoms with Gasteiger partial charge in [-0.1, -0.05) is 17.7 Å². The van der Waals surface area contributed by atoms with Crippen molar-refractivity contribution in [2.75, 3.05) is 37.3 Å². The average molecular weight is 270 g/mol. The number of anilines is 2. The molecule has 0 saturated carbocycles. The van der Waals surface area contributed by atoms with Gasteiger partial charge >= 0.3 is 0 Å². The minimum Gasteiger partial charge on any atom is -0.397 e. The van der Waals surface area contributed by atoms with Crippen LogP contribution in [0.4, 0.5) is 11.4 Å². The van der Waals surface area contributed by atoms with Crippen molar-refractivity contribution in [3.05, 3.63) is 23.2 Å². The summed E-state index contributed by atoms with van der Waals surface area (Å²) in [5.74, 6) is 0.0711. The van der Waals surface area contributed by atoms with Crippen LogP contribution in [0.25, 0.3) is 0 Å². The second kappa shape index (κ2) is 6.50. The number of hydrogen-bond donors (Lipinski definition) is 1. The fourth-order valence-corrected chi connectivity index (χ4v) is 2.22. The predicted octanol–water partition coefficient (Wildman–Crippen LogP) is 2.23. The number of para-hydroxylation sites is 1. The quantitative estimate of drug-likeness (QED) is 0.834. The number of nitrogens with two attached hydrogens (primary N) is 1. The van der Waals surface area contributed by atoms with Crippen LogP contribution < -0.4 is 10.6 Å². The van der Waals surface area contributed by atoms with E-state index in [2.05, 4.69) is 0 Å².